The van der Waals surface area contributed by atoms with Gasteiger partial charge in [0.25, 0.3) is 0 Å². The van der Waals surface area contributed by atoms with Crippen molar-refractivity contribution in [2.75, 3.05) is 0 Å². The van der Waals surface area contributed by atoms with Gasteiger partial charge in [0.1, 0.15) is 5.15 Å². The molecule has 3 aromatic rings. The van der Waals surface area contributed by atoms with E-state index < -0.39 is 0 Å². The van der Waals surface area contributed by atoms with Gasteiger partial charge in [-0.25, -0.2) is 9.72 Å². The number of benzene rings is 2. The predicted molar refractivity (Wildman–Crippen MR) is 85.7 cm³/mol. The van der Waals surface area contributed by atoms with Crippen molar-refractivity contribution in [2.45, 2.75) is 6.54 Å². The van der Waals surface area contributed by atoms with Crippen LogP contribution in [0.3, 0.4) is 0 Å². The van der Waals surface area contributed by atoms with Crippen molar-refractivity contribution in [3.63, 3.8) is 0 Å². The molecule has 1 aromatic heterocycles. The maximum Gasteiger partial charge on any atom is 0.185 e. The molecule has 4 heteroatoms. The summed E-state index contributed by atoms with van der Waals surface area (Å²) < 4.78 is 0.868. The van der Waals surface area contributed by atoms with Crippen LogP contribution in [0.4, 0.5) is 0 Å². The summed E-state index contributed by atoms with van der Waals surface area (Å²) in [4.78, 5) is 4.30. The Morgan fingerprint density at radius 3 is 2.57 bits per heavy atom. The first-order valence-electron chi connectivity index (χ1n) is 6.60. The predicted octanol–water partition coefficient (Wildman–Crippen LogP) is 4.02. The van der Waals surface area contributed by atoms with Gasteiger partial charge in [0.2, 0.25) is 0 Å². The fourth-order valence-corrected chi connectivity index (χ4v) is 2.36. The summed E-state index contributed by atoms with van der Waals surface area (Å²) in [7, 11) is 0. The van der Waals surface area contributed by atoms with Crippen molar-refractivity contribution in [1.29, 1.82) is 0 Å². The van der Waals surface area contributed by atoms with Crippen LogP contribution in [0.2, 0.25) is 5.15 Å². The molecular weight excluding hydrogens is 284 g/mol. The highest BCUT2D eigenvalue weighted by molar-refractivity contribution is 6.32. The maximum atomic E-state index is 12.0. The van der Waals surface area contributed by atoms with Crippen LogP contribution in [0, 0.1) is 5.21 Å². The smallest absolute Gasteiger partial charge is 0.185 e. The zero-order valence-corrected chi connectivity index (χ0v) is 12.0. The highest BCUT2D eigenvalue weighted by Gasteiger charge is 2.06. The quantitative estimate of drug-likeness (QED) is 0.241. The Morgan fingerprint density at radius 2 is 1.76 bits per heavy atom. The first kappa shape index (κ1) is 13.6. The Hall–Kier alpha value is -2.39. The van der Waals surface area contributed by atoms with Crippen molar-refractivity contribution in [1.82, 2.24) is 4.98 Å². The molecule has 0 aliphatic rings. The summed E-state index contributed by atoms with van der Waals surface area (Å²) in [6, 6.07) is 19.1. The van der Waals surface area contributed by atoms with Crippen LogP contribution in [-0.2, 0) is 6.54 Å². The molecule has 0 amide bonds. The van der Waals surface area contributed by atoms with Crippen molar-refractivity contribution in [3.05, 3.63) is 82.2 Å². The SMILES string of the molecule is [O-][N+](=Cc1cc2ccccc2nc1Cl)Cc1ccccc1. The van der Waals surface area contributed by atoms with Crippen LogP contribution in [0.25, 0.3) is 10.9 Å². The lowest BCUT2D eigenvalue weighted by molar-refractivity contribution is -0.469. The Morgan fingerprint density at radius 1 is 1.05 bits per heavy atom. The van der Waals surface area contributed by atoms with Gasteiger partial charge in [0.15, 0.2) is 12.8 Å². The topological polar surface area (TPSA) is 39.0 Å². The van der Waals surface area contributed by atoms with E-state index in [0.29, 0.717) is 10.7 Å². The molecule has 0 N–H and O–H groups in total. The molecule has 104 valence electrons. The second kappa shape index (κ2) is 5.94. The Labute approximate surface area is 127 Å². The number of pyridine rings is 1. The number of fused-ring (bicyclic) bond motifs is 1. The monoisotopic (exact) mass is 296 g/mol. The fourth-order valence-electron chi connectivity index (χ4n) is 2.16. The summed E-state index contributed by atoms with van der Waals surface area (Å²) >= 11 is 6.14. The van der Waals surface area contributed by atoms with E-state index in [1.807, 2.05) is 60.7 Å². The van der Waals surface area contributed by atoms with E-state index in [0.717, 1.165) is 21.2 Å². The number of nitrogens with zero attached hydrogens (tertiary/aromatic N) is 2. The third-order valence-electron chi connectivity index (χ3n) is 3.17. The molecule has 0 atom stereocenters. The normalized spacial score (nSPS) is 11.8. The van der Waals surface area contributed by atoms with Gasteiger partial charge in [-0.05, 0) is 12.1 Å². The molecule has 0 radical (unpaired) electrons. The Kier molecular flexibility index (Phi) is 3.84. The van der Waals surface area contributed by atoms with E-state index in [1.54, 1.807) is 0 Å². The molecule has 0 saturated carbocycles. The van der Waals surface area contributed by atoms with Gasteiger partial charge in [0.05, 0.1) is 11.1 Å². The number of aromatic nitrogens is 1. The number of hydroxylamine groups is 1. The second-order valence-corrected chi connectivity index (χ2v) is 5.11. The lowest BCUT2D eigenvalue weighted by Gasteiger charge is -2.05. The van der Waals surface area contributed by atoms with Crippen molar-refractivity contribution < 1.29 is 4.74 Å². The van der Waals surface area contributed by atoms with Crippen molar-refractivity contribution >= 4 is 28.7 Å². The minimum Gasteiger partial charge on any atom is -0.624 e. The molecule has 0 unspecified atom stereocenters. The molecule has 1 heterocycles. The molecular formula is C17H13ClN2O. The number of halogens is 1. The third kappa shape index (κ3) is 3.20. The molecule has 3 rings (SSSR count). The standard InChI is InChI=1S/C17H13ClN2O/c18-17-15(10-14-8-4-5-9-16(14)19-17)12-20(21)11-13-6-2-1-3-7-13/h1-10,12H,11H2. The minimum absolute atomic E-state index is 0.282. The largest absolute Gasteiger partial charge is 0.624 e. The van der Waals surface area contributed by atoms with Crippen LogP contribution in [-0.4, -0.2) is 15.9 Å². The number of para-hydroxylation sites is 1. The van der Waals surface area contributed by atoms with Gasteiger partial charge < -0.3 is 5.21 Å². The summed E-state index contributed by atoms with van der Waals surface area (Å²) in [5.41, 5.74) is 2.40. The average molecular weight is 297 g/mol. The number of hydrogen-bond acceptors (Lipinski definition) is 2. The minimum atomic E-state index is 0.282. The van der Waals surface area contributed by atoms with Crippen LogP contribution in [0.5, 0.6) is 0 Å². The molecule has 0 spiro atoms. The molecule has 2 aromatic carbocycles. The molecule has 0 saturated heterocycles. The van der Waals surface area contributed by atoms with Crippen LogP contribution < -0.4 is 0 Å². The van der Waals surface area contributed by atoms with Crippen molar-refractivity contribution in [2.24, 2.45) is 0 Å². The number of hydrogen-bond donors (Lipinski definition) is 0. The lowest BCUT2D eigenvalue weighted by Crippen LogP contribution is -2.06. The highest BCUT2D eigenvalue weighted by Crippen LogP contribution is 2.19. The Bertz CT molecular complexity index is 800. The Balaban J connectivity index is 1.93. The molecule has 0 aliphatic carbocycles. The highest BCUT2D eigenvalue weighted by atomic mass is 35.5. The van der Waals surface area contributed by atoms with E-state index in [2.05, 4.69) is 4.98 Å². The molecule has 21 heavy (non-hydrogen) atoms. The van der Waals surface area contributed by atoms with E-state index in [4.69, 9.17) is 11.6 Å². The molecule has 3 nitrogen and oxygen atoms in total. The van der Waals surface area contributed by atoms with Gasteiger partial charge in [-0.2, -0.15) is 0 Å². The van der Waals surface area contributed by atoms with Gasteiger partial charge in [0, 0.05) is 10.9 Å². The van der Waals surface area contributed by atoms with E-state index in [1.165, 1.54) is 6.21 Å². The van der Waals surface area contributed by atoms with E-state index in [9.17, 15) is 5.21 Å². The summed E-state index contributed by atoms with van der Waals surface area (Å²) in [5.74, 6) is 0. The third-order valence-corrected chi connectivity index (χ3v) is 3.47. The first-order chi connectivity index (χ1) is 10.2. The molecule has 0 aliphatic heterocycles. The fraction of sp³-hybridized carbons (Fsp3) is 0.0588. The average Bonchev–Trinajstić information content (AvgIpc) is 2.49. The molecule has 0 fully saturated rings. The van der Waals surface area contributed by atoms with Gasteiger partial charge in [-0.15, -0.1) is 0 Å². The first-order valence-corrected chi connectivity index (χ1v) is 6.98. The lowest BCUT2D eigenvalue weighted by atomic mass is 10.2. The molecule has 0 bridgehead atoms. The number of rotatable bonds is 3. The van der Waals surface area contributed by atoms with Crippen molar-refractivity contribution in [3.8, 4) is 0 Å². The zero-order valence-electron chi connectivity index (χ0n) is 11.2. The van der Waals surface area contributed by atoms with Gasteiger partial charge >= 0.3 is 0 Å². The van der Waals surface area contributed by atoms with Crippen LogP contribution >= 0.6 is 11.6 Å². The summed E-state index contributed by atoms with van der Waals surface area (Å²) in [6.07, 6.45) is 1.48. The van der Waals surface area contributed by atoms with E-state index >= 15 is 0 Å². The maximum absolute atomic E-state index is 12.0. The summed E-state index contributed by atoms with van der Waals surface area (Å²) in [5, 5.41) is 13.3. The van der Waals surface area contributed by atoms with E-state index in [-0.39, 0.29) is 6.54 Å². The van der Waals surface area contributed by atoms with Gasteiger partial charge in [-0.1, -0.05) is 60.1 Å². The zero-order chi connectivity index (χ0) is 14.7. The van der Waals surface area contributed by atoms with Gasteiger partial charge in [-0.3, -0.25) is 0 Å². The second-order valence-electron chi connectivity index (χ2n) is 4.75. The van der Waals surface area contributed by atoms with Crippen LogP contribution in [0.15, 0.2) is 60.7 Å². The van der Waals surface area contributed by atoms with Crippen LogP contribution in [0.1, 0.15) is 11.1 Å². The summed E-state index contributed by atoms with van der Waals surface area (Å²) in [6.45, 7) is 0.282.